The number of amides is 1. The molecule has 9 heteroatoms. The van der Waals surface area contributed by atoms with E-state index in [0.29, 0.717) is 18.8 Å². The molecule has 3 aromatic heterocycles. The number of hydrogen-bond acceptors (Lipinski definition) is 7. The van der Waals surface area contributed by atoms with Gasteiger partial charge in [-0.3, -0.25) is 9.78 Å². The van der Waals surface area contributed by atoms with Gasteiger partial charge in [-0.2, -0.15) is 0 Å². The normalized spacial score (nSPS) is 20.1. The van der Waals surface area contributed by atoms with Crippen molar-refractivity contribution in [1.82, 2.24) is 30.2 Å². The van der Waals surface area contributed by atoms with Crippen molar-refractivity contribution in [3.63, 3.8) is 0 Å². The number of aromatic nitrogens is 4. The monoisotopic (exact) mass is 421 g/mol. The van der Waals surface area contributed by atoms with Gasteiger partial charge in [0.05, 0.1) is 35.1 Å². The van der Waals surface area contributed by atoms with Gasteiger partial charge in [-0.05, 0) is 25.1 Å². The zero-order valence-corrected chi connectivity index (χ0v) is 17.8. The maximum absolute atomic E-state index is 11.6. The molecular weight excluding hydrogens is 394 g/mol. The number of fused-ring (bicyclic) bond motifs is 1. The molecule has 1 amide bonds. The highest BCUT2D eigenvalue weighted by atomic mass is 16.5. The highest BCUT2D eigenvalue weighted by Gasteiger charge is 2.29. The number of nitrogens with zero attached hydrogens (tertiary/aromatic N) is 5. The van der Waals surface area contributed by atoms with Gasteiger partial charge >= 0.3 is 0 Å². The van der Waals surface area contributed by atoms with Crippen LogP contribution in [0.1, 0.15) is 13.3 Å². The first-order valence-electron chi connectivity index (χ1n) is 10.8. The van der Waals surface area contributed by atoms with Crippen LogP contribution in [0.3, 0.4) is 0 Å². The average Bonchev–Trinajstić information content (AvgIpc) is 3.40. The van der Waals surface area contributed by atoms with Crippen LogP contribution < -0.4 is 20.3 Å². The molecule has 5 heterocycles. The van der Waals surface area contributed by atoms with Gasteiger partial charge in [0, 0.05) is 52.1 Å². The van der Waals surface area contributed by atoms with Crippen LogP contribution in [0.4, 0.5) is 5.69 Å². The fourth-order valence-corrected chi connectivity index (χ4v) is 4.23. The third-order valence-corrected chi connectivity index (χ3v) is 6.13. The standard InChI is InChI=1S/C22H27N7O2/c1-14(15-9-20(30)25-11-15)31-22-21-19(26-13-28(21)2)10-18(27-22)17-4-3-16(12-24-17)29-7-5-23-6-8-29/h3-4,10,12-15,23H,5-9,11H2,1-2H3,(H,25,30)/t14-,15?/m1/s1. The van der Waals surface area contributed by atoms with Gasteiger partial charge in [-0.15, -0.1) is 0 Å². The van der Waals surface area contributed by atoms with Gasteiger partial charge in [0.15, 0.2) is 0 Å². The highest BCUT2D eigenvalue weighted by Crippen LogP contribution is 2.30. The van der Waals surface area contributed by atoms with Gasteiger partial charge < -0.3 is 24.8 Å². The number of rotatable bonds is 5. The second-order valence-corrected chi connectivity index (χ2v) is 8.27. The molecule has 0 aromatic carbocycles. The Morgan fingerprint density at radius 2 is 2.03 bits per heavy atom. The summed E-state index contributed by atoms with van der Waals surface area (Å²) in [7, 11) is 1.93. The van der Waals surface area contributed by atoms with E-state index in [1.165, 1.54) is 0 Å². The zero-order chi connectivity index (χ0) is 21.4. The molecule has 0 saturated carbocycles. The van der Waals surface area contributed by atoms with Crippen molar-refractivity contribution in [2.45, 2.75) is 19.4 Å². The number of nitrogens with one attached hydrogen (secondary N) is 2. The molecule has 162 valence electrons. The summed E-state index contributed by atoms with van der Waals surface area (Å²) in [4.78, 5) is 27.9. The molecule has 3 aromatic rings. The van der Waals surface area contributed by atoms with Crippen molar-refractivity contribution in [2.75, 3.05) is 37.6 Å². The van der Waals surface area contributed by atoms with Crippen molar-refractivity contribution in [2.24, 2.45) is 13.0 Å². The Balaban J connectivity index is 1.44. The lowest BCUT2D eigenvalue weighted by Crippen LogP contribution is -2.43. The molecule has 2 fully saturated rings. The Labute approximate surface area is 180 Å². The van der Waals surface area contributed by atoms with E-state index in [1.54, 1.807) is 6.33 Å². The molecule has 2 N–H and O–H groups in total. The zero-order valence-electron chi connectivity index (χ0n) is 17.8. The summed E-state index contributed by atoms with van der Waals surface area (Å²) >= 11 is 0. The fourth-order valence-electron chi connectivity index (χ4n) is 4.23. The largest absolute Gasteiger partial charge is 0.473 e. The highest BCUT2D eigenvalue weighted by molar-refractivity contribution is 5.84. The first kappa shape index (κ1) is 19.7. The Morgan fingerprint density at radius 3 is 2.74 bits per heavy atom. The summed E-state index contributed by atoms with van der Waals surface area (Å²) in [6, 6.07) is 6.04. The maximum Gasteiger partial charge on any atom is 0.241 e. The van der Waals surface area contributed by atoms with Gasteiger partial charge in [0.2, 0.25) is 11.8 Å². The van der Waals surface area contributed by atoms with E-state index < -0.39 is 0 Å². The number of piperazine rings is 1. The number of carbonyl (C=O) groups is 1. The van der Waals surface area contributed by atoms with Crippen LogP contribution in [0.2, 0.25) is 0 Å². The number of pyridine rings is 2. The Bertz CT molecular complexity index is 1090. The van der Waals surface area contributed by atoms with E-state index in [-0.39, 0.29) is 17.9 Å². The second kappa shape index (κ2) is 8.14. The van der Waals surface area contributed by atoms with Crippen molar-refractivity contribution in [1.29, 1.82) is 0 Å². The van der Waals surface area contributed by atoms with E-state index in [1.807, 2.05) is 36.9 Å². The third kappa shape index (κ3) is 3.93. The molecule has 31 heavy (non-hydrogen) atoms. The summed E-state index contributed by atoms with van der Waals surface area (Å²) in [5.74, 6) is 0.714. The van der Waals surface area contributed by atoms with Crippen molar-refractivity contribution in [3.05, 3.63) is 30.7 Å². The molecule has 5 rings (SSSR count). The van der Waals surface area contributed by atoms with Crippen LogP contribution >= 0.6 is 0 Å². The second-order valence-electron chi connectivity index (χ2n) is 8.27. The number of hydrogen-bond donors (Lipinski definition) is 2. The molecule has 2 atom stereocenters. The van der Waals surface area contributed by atoms with Crippen LogP contribution in [0, 0.1) is 5.92 Å². The number of carbonyl (C=O) groups excluding carboxylic acids is 1. The molecule has 0 radical (unpaired) electrons. The van der Waals surface area contributed by atoms with E-state index in [9.17, 15) is 4.79 Å². The number of aryl methyl sites for hydroxylation is 1. The van der Waals surface area contributed by atoms with E-state index in [4.69, 9.17) is 9.72 Å². The average molecular weight is 422 g/mol. The van der Waals surface area contributed by atoms with Gasteiger partial charge in [0.25, 0.3) is 0 Å². The fraction of sp³-hybridized carbons (Fsp3) is 0.455. The lowest BCUT2D eigenvalue weighted by Gasteiger charge is -2.29. The molecule has 0 bridgehead atoms. The van der Waals surface area contributed by atoms with E-state index in [0.717, 1.165) is 54.3 Å². The van der Waals surface area contributed by atoms with Crippen LogP contribution in [0.25, 0.3) is 22.4 Å². The quantitative estimate of drug-likeness (QED) is 0.642. The molecule has 2 aliphatic heterocycles. The summed E-state index contributed by atoms with van der Waals surface area (Å²) in [5.41, 5.74) is 4.27. The number of imidazole rings is 1. The minimum atomic E-state index is -0.150. The van der Waals surface area contributed by atoms with Gasteiger partial charge in [-0.25, -0.2) is 9.97 Å². The van der Waals surface area contributed by atoms with E-state index in [2.05, 4.69) is 31.6 Å². The summed E-state index contributed by atoms with van der Waals surface area (Å²) < 4.78 is 8.18. The SMILES string of the molecule is C[C@@H](Oc1nc(-c2ccc(N3CCNCC3)cn2)cc2ncn(C)c12)C1CNC(=O)C1. The smallest absolute Gasteiger partial charge is 0.241 e. The molecule has 2 aliphatic rings. The van der Waals surface area contributed by atoms with Gasteiger partial charge in [0.1, 0.15) is 11.6 Å². The van der Waals surface area contributed by atoms with Crippen LogP contribution in [-0.4, -0.2) is 64.3 Å². The van der Waals surface area contributed by atoms with Crippen molar-refractivity contribution in [3.8, 4) is 17.3 Å². The first-order valence-corrected chi connectivity index (χ1v) is 10.8. The number of ether oxygens (including phenoxy) is 1. The Morgan fingerprint density at radius 1 is 1.19 bits per heavy atom. The minimum Gasteiger partial charge on any atom is -0.473 e. The molecule has 9 nitrogen and oxygen atoms in total. The van der Waals surface area contributed by atoms with Crippen LogP contribution in [0.5, 0.6) is 5.88 Å². The molecular formula is C22H27N7O2. The van der Waals surface area contributed by atoms with Crippen molar-refractivity contribution < 1.29 is 9.53 Å². The predicted molar refractivity (Wildman–Crippen MR) is 118 cm³/mol. The van der Waals surface area contributed by atoms with E-state index >= 15 is 0 Å². The lowest BCUT2D eigenvalue weighted by atomic mass is 10.0. The molecule has 2 saturated heterocycles. The summed E-state index contributed by atoms with van der Waals surface area (Å²) in [6.07, 6.45) is 3.99. The Hall–Kier alpha value is -3.20. The van der Waals surface area contributed by atoms with Crippen LogP contribution in [0.15, 0.2) is 30.7 Å². The summed E-state index contributed by atoms with van der Waals surface area (Å²) in [6.45, 7) is 6.55. The predicted octanol–water partition coefficient (Wildman–Crippen LogP) is 1.34. The topological polar surface area (TPSA) is 97.2 Å². The van der Waals surface area contributed by atoms with Gasteiger partial charge in [-0.1, -0.05) is 0 Å². The number of anilines is 1. The molecule has 1 unspecified atom stereocenters. The first-order chi connectivity index (χ1) is 15.1. The van der Waals surface area contributed by atoms with Crippen LogP contribution in [-0.2, 0) is 11.8 Å². The molecule has 0 aliphatic carbocycles. The Kier molecular flexibility index (Phi) is 5.19. The minimum absolute atomic E-state index is 0.0709. The summed E-state index contributed by atoms with van der Waals surface area (Å²) in [5, 5.41) is 6.24. The third-order valence-electron chi connectivity index (χ3n) is 6.13. The maximum atomic E-state index is 11.6. The lowest BCUT2D eigenvalue weighted by molar-refractivity contribution is -0.119. The van der Waals surface area contributed by atoms with Crippen molar-refractivity contribution >= 4 is 22.6 Å². The molecule has 0 spiro atoms.